The van der Waals surface area contributed by atoms with E-state index >= 15 is 0 Å². The van der Waals surface area contributed by atoms with E-state index in [2.05, 4.69) is 51.5 Å². The standard InChI is InChI=1S/C14H23N7/c1-9-11(15-5)18-13(14(2,3)4)19-12(9)16-7-10-17-8-21(6)20-10/h8H,7H2,1-6H3,(H2,15,16,18,19). The molecule has 0 aliphatic carbocycles. The molecule has 21 heavy (non-hydrogen) atoms. The lowest BCUT2D eigenvalue weighted by Crippen LogP contribution is -2.19. The van der Waals surface area contributed by atoms with Gasteiger partial charge in [-0.25, -0.2) is 15.0 Å². The van der Waals surface area contributed by atoms with Crippen LogP contribution in [-0.2, 0) is 19.0 Å². The van der Waals surface area contributed by atoms with Gasteiger partial charge in [-0.05, 0) is 6.92 Å². The van der Waals surface area contributed by atoms with Gasteiger partial charge in [0, 0.05) is 25.1 Å². The van der Waals surface area contributed by atoms with Crippen LogP contribution in [0.3, 0.4) is 0 Å². The zero-order valence-electron chi connectivity index (χ0n) is 13.5. The summed E-state index contributed by atoms with van der Waals surface area (Å²) in [5.74, 6) is 3.19. The molecular formula is C14H23N7. The van der Waals surface area contributed by atoms with Gasteiger partial charge in [0.05, 0.1) is 6.54 Å². The van der Waals surface area contributed by atoms with E-state index in [-0.39, 0.29) is 5.41 Å². The maximum Gasteiger partial charge on any atom is 0.169 e. The molecule has 0 unspecified atom stereocenters. The third kappa shape index (κ3) is 3.48. The third-order valence-corrected chi connectivity index (χ3v) is 3.11. The van der Waals surface area contributed by atoms with Gasteiger partial charge in [-0.15, -0.1) is 0 Å². The van der Waals surface area contributed by atoms with Gasteiger partial charge >= 0.3 is 0 Å². The molecule has 0 aromatic carbocycles. The van der Waals surface area contributed by atoms with E-state index in [0.29, 0.717) is 6.54 Å². The van der Waals surface area contributed by atoms with Crippen molar-refractivity contribution in [3.63, 3.8) is 0 Å². The average molecular weight is 289 g/mol. The molecule has 0 bridgehead atoms. The molecule has 2 N–H and O–H groups in total. The second-order valence-electron chi connectivity index (χ2n) is 6.06. The summed E-state index contributed by atoms with van der Waals surface area (Å²) in [5, 5.41) is 10.7. The van der Waals surface area contributed by atoms with Crippen molar-refractivity contribution in [1.82, 2.24) is 24.7 Å². The summed E-state index contributed by atoms with van der Waals surface area (Å²) in [6, 6.07) is 0. The van der Waals surface area contributed by atoms with Crippen LogP contribution in [0, 0.1) is 6.92 Å². The molecule has 0 saturated heterocycles. The van der Waals surface area contributed by atoms with Crippen molar-refractivity contribution in [3.8, 4) is 0 Å². The first-order chi connectivity index (χ1) is 9.81. The van der Waals surface area contributed by atoms with Crippen LogP contribution < -0.4 is 10.6 Å². The molecule has 0 spiro atoms. The highest BCUT2D eigenvalue weighted by atomic mass is 15.3. The van der Waals surface area contributed by atoms with Crippen LogP contribution in [0.5, 0.6) is 0 Å². The van der Waals surface area contributed by atoms with Gasteiger partial charge < -0.3 is 10.6 Å². The largest absolute Gasteiger partial charge is 0.373 e. The summed E-state index contributed by atoms with van der Waals surface area (Å²) in [7, 11) is 3.72. The van der Waals surface area contributed by atoms with Crippen molar-refractivity contribution < 1.29 is 0 Å². The highest BCUT2D eigenvalue weighted by Crippen LogP contribution is 2.26. The van der Waals surface area contributed by atoms with Crippen molar-refractivity contribution in [2.45, 2.75) is 39.7 Å². The molecule has 0 fully saturated rings. The van der Waals surface area contributed by atoms with E-state index in [1.165, 1.54) is 0 Å². The summed E-state index contributed by atoms with van der Waals surface area (Å²) >= 11 is 0. The predicted octanol–water partition coefficient (Wildman–Crippen LogP) is 1.86. The Kier molecular flexibility index (Phi) is 4.11. The zero-order valence-corrected chi connectivity index (χ0v) is 13.5. The normalized spacial score (nSPS) is 11.5. The minimum absolute atomic E-state index is 0.112. The Balaban J connectivity index is 2.28. The first-order valence-corrected chi connectivity index (χ1v) is 6.96. The Hall–Kier alpha value is -2.18. The average Bonchev–Trinajstić information content (AvgIpc) is 2.82. The maximum atomic E-state index is 4.65. The number of hydrogen-bond acceptors (Lipinski definition) is 6. The minimum atomic E-state index is -0.112. The second-order valence-corrected chi connectivity index (χ2v) is 6.06. The van der Waals surface area contributed by atoms with Gasteiger partial charge in [0.15, 0.2) is 5.82 Å². The molecule has 2 heterocycles. The summed E-state index contributed by atoms with van der Waals surface area (Å²) in [5.41, 5.74) is 0.875. The zero-order chi connectivity index (χ0) is 15.6. The van der Waals surface area contributed by atoms with Gasteiger partial charge in [-0.1, -0.05) is 20.8 Å². The SMILES string of the molecule is CNc1nc(C(C)(C)C)nc(NCc2ncn(C)n2)c1C. The van der Waals surface area contributed by atoms with E-state index in [0.717, 1.165) is 28.8 Å². The summed E-state index contributed by atoms with van der Waals surface area (Å²) in [4.78, 5) is 13.4. The number of anilines is 2. The van der Waals surface area contributed by atoms with Crippen LogP contribution in [0.4, 0.5) is 11.6 Å². The van der Waals surface area contributed by atoms with Crippen molar-refractivity contribution in [3.05, 3.63) is 23.5 Å². The lowest BCUT2D eigenvalue weighted by Gasteiger charge is -2.20. The van der Waals surface area contributed by atoms with E-state index in [9.17, 15) is 0 Å². The molecule has 0 aliphatic heterocycles. The van der Waals surface area contributed by atoms with Gasteiger partial charge in [-0.2, -0.15) is 5.10 Å². The van der Waals surface area contributed by atoms with Crippen molar-refractivity contribution in [2.24, 2.45) is 7.05 Å². The fourth-order valence-electron chi connectivity index (χ4n) is 1.90. The van der Waals surface area contributed by atoms with E-state index in [4.69, 9.17) is 0 Å². The fourth-order valence-corrected chi connectivity index (χ4v) is 1.90. The van der Waals surface area contributed by atoms with Crippen LogP contribution >= 0.6 is 0 Å². The molecule has 0 atom stereocenters. The molecule has 7 heteroatoms. The monoisotopic (exact) mass is 289 g/mol. The molecule has 2 aromatic rings. The van der Waals surface area contributed by atoms with Crippen LogP contribution in [0.2, 0.25) is 0 Å². The van der Waals surface area contributed by atoms with E-state index < -0.39 is 0 Å². The summed E-state index contributed by atoms with van der Waals surface area (Å²) in [6.45, 7) is 8.82. The van der Waals surface area contributed by atoms with E-state index in [1.54, 1.807) is 11.0 Å². The molecule has 0 saturated carbocycles. The number of nitrogens with zero attached hydrogens (tertiary/aromatic N) is 5. The van der Waals surface area contributed by atoms with Crippen LogP contribution in [0.15, 0.2) is 6.33 Å². The molecule has 7 nitrogen and oxygen atoms in total. The van der Waals surface area contributed by atoms with Gasteiger partial charge in [0.25, 0.3) is 0 Å². The molecule has 0 amide bonds. The molecular weight excluding hydrogens is 266 g/mol. The van der Waals surface area contributed by atoms with E-state index in [1.807, 2.05) is 21.0 Å². The lowest BCUT2D eigenvalue weighted by atomic mass is 9.95. The van der Waals surface area contributed by atoms with Gasteiger partial charge in [0.1, 0.15) is 23.8 Å². The number of hydrogen-bond donors (Lipinski definition) is 2. The highest BCUT2D eigenvalue weighted by molar-refractivity contribution is 5.57. The quantitative estimate of drug-likeness (QED) is 0.894. The lowest BCUT2D eigenvalue weighted by molar-refractivity contribution is 0.546. The summed E-state index contributed by atoms with van der Waals surface area (Å²) < 4.78 is 1.68. The Morgan fingerprint density at radius 3 is 2.38 bits per heavy atom. The smallest absolute Gasteiger partial charge is 0.169 e. The molecule has 2 rings (SSSR count). The Bertz CT molecular complexity index is 625. The Morgan fingerprint density at radius 1 is 1.19 bits per heavy atom. The van der Waals surface area contributed by atoms with Crippen molar-refractivity contribution in [1.29, 1.82) is 0 Å². The first-order valence-electron chi connectivity index (χ1n) is 6.96. The van der Waals surface area contributed by atoms with Crippen LogP contribution in [0.1, 0.15) is 38.0 Å². The molecule has 2 aromatic heterocycles. The number of rotatable bonds is 4. The predicted molar refractivity (Wildman–Crippen MR) is 83.3 cm³/mol. The molecule has 0 radical (unpaired) electrons. The Morgan fingerprint density at radius 2 is 1.86 bits per heavy atom. The van der Waals surface area contributed by atoms with Crippen LogP contribution in [-0.4, -0.2) is 31.8 Å². The number of nitrogens with one attached hydrogen (secondary N) is 2. The first kappa shape index (κ1) is 15.2. The van der Waals surface area contributed by atoms with Crippen LogP contribution in [0.25, 0.3) is 0 Å². The number of aromatic nitrogens is 5. The summed E-state index contributed by atoms with van der Waals surface area (Å²) in [6.07, 6.45) is 1.68. The van der Waals surface area contributed by atoms with Crippen molar-refractivity contribution >= 4 is 11.6 Å². The van der Waals surface area contributed by atoms with Crippen molar-refractivity contribution in [2.75, 3.05) is 17.7 Å². The Labute approximate surface area is 125 Å². The molecule has 114 valence electrons. The maximum absolute atomic E-state index is 4.65. The van der Waals surface area contributed by atoms with Gasteiger partial charge in [-0.3, -0.25) is 4.68 Å². The number of aryl methyl sites for hydroxylation is 1. The third-order valence-electron chi connectivity index (χ3n) is 3.11. The van der Waals surface area contributed by atoms with Gasteiger partial charge in [0.2, 0.25) is 0 Å². The molecule has 0 aliphatic rings. The second kappa shape index (κ2) is 5.67. The topological polar surface area (TPSA) is 80.5 Å². The minimum Gasteiger partial charge on any atom is -0.373 e. The fraction of sp³-hybridized carbons (Fsp3) is 0.571. The highest BCUT2D eigenvalue weighted by Gasteiger charge is 2.20.